The van der Waals surface area contributed by atoms with Gasteiger partial charge in [-0.3, -0.25) is 9.69 Å². The molecular weight excluding hydrogens is 252 g/mol. The number of nitrogens with zero attached hydrogens (tertiary/aromatic N) is 2. The lowest BCUT2D eigenvalue weighted by Gasteiger charge is -2.27. The fraction of sp³-hybridized carbons (Fsp3) is 0.933. The topological polar surface area (TPSA) is 61.6 Å². The Morgan fingerprint density at radius 3 is 2.75 bits per heavy atom. The number of fused-ring (bicyclic) bond motifs is 1. The van der Waals surface area contributed by atoms with Crippen molar-refractivity contribution in [2.45, 2.75) is 57.7 Å². The smallest absolute Gasteiger partial charge is 0.234 e. The summed E-state index contributed by atoms with van der Waals surface area (Å²) in [5.74, 6) is -0.226. The Morgan fingerprint density at radius 1 is 1.30 bits per heavy atom. The minimum Gasteiger partial charge on any atom is -0.368 e. The second kappa shape index (κ2) is 7.38. The van der Waals surface area contributed by atoms with Gasteiger partial charge in [0.25, 0.3) is 0 Å². The number of primary amides is 1. The molecule has 20 heavy (non-hydrogen) atoms. The van der Waals surface area contributed by atoms with Crippen molar-refractivity contribution >= 4 is 5.91 Å². The van der Waals surface area contributed by atoms with Crippen LogP contribution < -0.4 is 11.1 Å². The molecule has 0 bridgehead atoms. The Labute approximate surface area is 122 Å². The van der Waals surface area contributed by atoms with Crippen LogP contribution in [0.5, 0.6) is 0 Å². The highest BCUT2D eigenvalue weighted by atomic mass is 16.1. The minimum atomic E-state index is -0.226. The largest absolute Gasteiger partial charge is 0.368 e. The second-order valence-electron chi connectivity index (χ2n) is 6.55. The number of hydrogen-bond donors (Lipinski definition) is 2. The molecule has 2 saturated heterocycles. The summed E-state index contributed by atoms with van der Waals surface area (Å²) in [7, 11) is 0. The first kappa shape index (κ1) is 15.7. The van der Waals surface area contributed by atoms with E-state index >= 15 is 0 Å². The molecule has 2 aliphatic heterocycles. The zero-order valence-corrected chi connectivity index (χ0v) is 13.0. The number of carbonyl (C=O) groups excluding carboxylic acids is 1. The van der Waals surface area contributed by atoms with Crippen molar-refractivity contribution in [2.75, 3.05) is 32.7 Å². The van der Waals surface area contributed by atoms with E-state index in [-0.39, 0.29) is 11.9 Å². The van der Waals surface area contributed by atoms with Crippen molar-refractivity contribution in [3.8, 4) is 0 Å². The van der Waals surface area contributed by atoms with Crippen molar-refractivity contribution in [1.29, 1.82) is 0 Å². The molecule has 1 amide bonds. The first-order valence-electron chi connectivity index (χ1n) is 8.08. The Balaban J connectivity index is 1.80. The summed E-state index contributed by atoms with van der Waals surface area (Å²) < 4.78 is 0. The molecule has 3 N–H and O–H groups in total. The van der Waals surface area contributed by atoms with Crippen LogP contribution in [0.3, 0.4) is 0 Å². The van der Waals surface area contributed by atoms with Crippen LogP contribution in [0.25, 0.3) is 0 Å². The van der Waals surface area contributed by atoms with Crippen LogP contribution in [-0.4, -0.2) is 66.6 Å². The molecule has 0 saturated carbocycles. The van der Waals surface area contributed by atoms with E-state index in [1.807, 2.05) is 0 Å². The van der Waals surface area contributed by atoms with E-state index in [2.05, 4.69) is 29.0 Å². The van der Waals surface area contributed by atoms with Crippen LogP contribution in [0.1, 0.15) is 39.5 Å². The highest BCUT2D eigenvalue weighted by Gasteiger charge is 2.29. The van der Waals surface area contributed by atoms with Gasteiger partial charge in [-0.1, -0.05) is 13.8 Å². The van der Waals surface area contributed by atoms with E-state index in [4.69, 9.17) is 5.73 Å². The Kier molecular flexibility index (Phi) is 5.81. The van der Waals surface area contributed by atoms with Gasteiger partial charge in [0.2, 0.25) is 5.91 Å². The molecular formula is C15H30N4O. The van der Waals surface area contributed by atoms with E-state index in [1.54, 1.807) is 0 Å². The van der Waals surface area contributed by atoms with Crippen LogP contribution in [-0.2, 0) is 4.79 Å². The van der Waals surface area contributed by atoms with Gasteiger partial charge < -0.3 is 16.0 Å². The summed E-state index contributed by atoms with van der Waals surface area (Å²) in [5.41, 5.74) is 5.49. The summed E-state index contributed by atoms with van der Waals surface area (Å²) in [6.45, 7) is 9.91. The predicted octanol–water partition coefficient (Wildman–Crippen LogP) is 0.399. The van der Waals surface area contributed by atoms with Crippen LogP contribution >= 0.6 is 0 Å². The third-order valence-corrected chi connectivity index (χ3v) is 4.50. The lowest BCUT2D eigenvalue weighted by molar-refractivity contribution is -0.120. The highest BCUT2D eigenvalue weighted by molar-refractivity contribution is 5.79. The van der Waals surface area contributed by atoms with E-state index in [0.29, 0.717) is 6.04 Å². The monoisotopic (exact) mass is 282 g/mol. The Morgan fingerprint density at radius 2 is 2.05 bits per heavy atom. The molecule has 0 aromatic carbocycles. The van der Waals surface area contributed by atoms with Crippen molar-refractivity contribution in [3.63, 3.8) is 0 Å². The molecule has 2 fully saturated rings. The van der Waals surface area contributed by atoms with Gasteiger partial charge >= 0.3 is 0 Å². The van der Waals surface area contributed by atoms with E-state index < -0.39 is 0 Å². The van der Waals surface area contributed by atoms with Crippen LogP contribution in [0.15, 0.2) is 0 Å². The van der Waals surface area contributed by atoms with Crippen LogP contribution in [0, 0.1) is 0 Å². The van der Waals surface area contributed by atoms with Gasteiger partial charge in [-0.15, -0.1) is 0 Å². The third kappa shape index (κ3) is 4.43. The SMILES string of the molecule is CC(C)NC(CCN1CCCN2CCCC2C1)C(N)=O. The normalized spacial score (nSPS) is 26.4. The fourth-order valence-electron chi connectivity index (χ4n) is 3.51. The van der Waals surface area contributed by atoms with E-state index in [9.17, 15) is 4.79 Å². The maximum atomic E-state index is 11.5. The zero-order chi connectivity index (χ0) is 14.5. The number of carbonyl (C=O) groups is 1. The molecule has 0 spiro atoms. The van der Waals surface area contributed by atoms with E-state index in [1.165, 1.54) is 32.4 Å². The number of hydrogen-bond acceptors (Lipinski definition) is 4. The average Bonchev–Trinajstić information content (AvgIpc) is 2.72. The van der Waals surface area contributed by atoms with Crippen molar-refractivity contribution in [1.82, 2.24) is 15.1 Å². The maximum absolute atomic E-state index is 11.5. The fourth-order valence-corrected chi connectivity index (χ4v) is 3.51. The number of nitrogens with two attached hydrogens (primary N) is 1. The Bertz CT molecular complexity index is 321. The number of amides is 1. The van der Waals surface area contributed by atoms with Crippen molar-refractivity contribution in [3.05, 3.63) is 0 Å². The summed E-state index contributed by atoms with van der Waals surface area (Å²) in [6.07, 6.45) is 4.74. The van der Waals surface area contributed by atoms with Gasteiger partial charge in [0, 0.05) is 25.2 Å². The minimum absolute atomic E-state index is 0.196. The van der Waals surface area contributed by atoms with Gasteiger partial charge in [0.05, 0.1) is 6.04 Å². The molecule has 2 aliphatic rings. The van der Waals surface area contributed by atoms with Gasteiger partial charge in [-0.05, 0) is 45.3 Å². The Hall–Kier alpha value is -0.650. The third-order valence-electron chi connectivity index (χ3n) is 4.50. The van der Waals surface area contributed by atoms with Gasteiger partial charge in [-0.25, -0.2) is 0 Å². The molecule has 0 aromatic rings. The molecule has 5 nitrogen and oxygen atoms in total. The van der Waals surface area contributed by atoms with Crippen LogP contribution in [0.4, 0.5) is 0 Å². The van der Waals surface area contributed by atoms with Crippen molar-refractivity contribution < 1.29 is 4.79 Å². The summed E-state index contributed by atoms with van der Waals surface area (Å²) in [5, 5.41) is 3.27. The van der Waals surface area contributed by atoms with Gasteiger partial charge in [0.15, 0.2) is 0 Å². The summed E-state index contributed by atoms with van der Waals surface area (Å²) >= 11 is 0. The molecule has 2 rings (SSSR count). The number of nitrogens with one attached hydrogen (secondary N) is 1. The standard InChI is InChI=1S/C15H30N4O/c1-12(2)17-14(15(16)20)6-10-18-7-4-9-19-8-3-5-13(19)11-18/h12-14,17H,3-11H2,1-2H3,(H2,16,20). The summed E-state index contributed by atoms with van der Waals surface area (Å²) in [4.78, 5) is 16.6. The molecule has 2 unspecified atom stereocenters. The molecule has 0 aromatic heterocycles. The molecule has 0 radical (unpaired) electrons. The molecule has 2 atom stereocenters. The van der Waals surface area contributed by atoms with E-state index in [0.717, 1.165) is 32.1 Å². The zero-order valence-electron chi connectivity index (χ0n) is 13.0. The maximum Gasteiger partial charge on any atom is 0.234 e. The lowest BCUT2D eigenvalue weighted by Crippen LogP contribution is -2.47. The quantitative estimate of drug-likeness (QED) is 0.740. The highest BCUT2D eigenvalue weighted by Crippen LogP contribution is 2.21. The van der Waals surface area contributed by atoms with Gasteiger partial charge in [0.1, 0.15) is 0 Å². The lowest BCUT2D eigenvalue weighted by atomic mass is 10.1. The van der Waals surface area contributed by atoms with Gasteiger partial charge in [-0.2, -0.15) is 0 Å². The average molecular weight is 282 g/mol. The molecule has 0 aliphatic carbocycles. The summed E-state index contributed by atoms with van der Waals surface area (Å²) in [6, 6.07) is 0.836. The molecule has 2 heterocycles. The van der Waals surface area contributed by atoms with Crippen molar-refractivity contribution in [2.24, 2.45) is 5.73 Å². The molecule has 5 heteroatoms. The first-order chi connectivity index (χ1) is 9.56. The first-order valence-corrected chi connectivity index (χ1v) is 8.08. The molecule has 116 valence electrons. The van der Waals surface area contributed by atoms with Crippen LogP contribution in [0.2, 0.25) is 0 Å². The predicted molar refractivity (Wildman–Crippen MR) is 81.5 cm³/mol. The number of rotatable bonds is 6. The second-order valence-corrected chi connectivity index (χ2v) is 6.55.